The lowest BCUT2D eigenvalue weighted by Gasteiger charge is -2.12. The van der Waals surface area contributed by atoms with Crippen LogP contribution >= 0.6 is 0 Å². The molecule has 0 aliphatic rings. The summed E-state index contributed by atoms with van der Waals surface area (Å²) in [5.74, 6) is -0.691. The molecular formula is C16H16FN5O. The highest BCUT2D eigenvalue weighted by Crippen LogP contribution is 2.19. The van der Waals surface area contributed by atoms with Crippen LogP contribution in [0.25, 0.3) is 10.9 Å². The van der Waals surface area contributed by atoms with Crippen LogP contribution in [-0.4, -0.2) is 27.1 Å². The number of aromatic nitrogens is 3. The van der Waals surface area contributed by atoms with E-state index in [1.807, 2.05) is 0 Å². The third-order valence-electron chi connectivity index (χ3n) is 3.56. The van der Waals surface area contributed by atoms with E-state index in [4.69, 9.17) is 5.73 Å². The molecule has 0 aliphatic heterocycles. The Bertz CT molecular complexity index is 818. The molecule has 0 saturated carbocycles. The molecule has 3 rings (SSSR count). The fraction of sp³-hybridized carbons (Fsp3) is 0.188. The van der Waals surface area contributed by atoms with Gasteiger partial charge in [-0.1, -0.05) is 12.1 Å². The summed E-state index contributed by atoms with van der Waals surface area (Å²) in [6, 6.07) is 5.71. The summed E-state index contributed by atoms with van der Waals surface area (Å²) >= 11 is 0. The summed E-state index contributed by atoms with van der Waals surface area (Å²) in [5, 5.41) is 9.89. The predicted molar refractivity (Wildman–Crippen MR) is 85.2 cm³/mol. The number of hydrogen-bond acceptors (Lipinski definition) is 4. The molecule has 2 aromatic heterocycles. The number of amides is 1. The topological polar surface area (TPSA) is 96.7 Å². The number of anilines is 1. The van der Waals surface area contributed by atoms with Crippen LogP contribution in [0.1, 0.15) is 12.0 Å². The van der Waals surface area contributed by atoms with E-state index in [9.17, 15) is 9.18 Å². The van der Waals surface area contributed by atoms with Crippen LogP contribution < -0.4 is 11.1 Å². The summed E-state index contributed by atoms with van der Waals surface area (Å²) in [4.78, 5) is 16.2. The Morgan fingerprint density at radius 1 is 1.39 bits per heavy atom. The Hall–Kier alpha value is -2.80. The second kappa shape index (κ2) is 6.53. The maximum absolute atomic E-state index is 13.6. The maximum atomic E-state index is 13.6. The van der Waals surface area contributed by atoms with Gasteiger partial charge in [-0.15, -0.1) is 0 Å². The normalized spacial score (nSPS) is 12.3. The third kappa shape index (κ3) is 3.51. The third-order valence-corrected chi connectivity index (χ3v) is 3.56. The van der Waals surface area contributed by atoms with Gasteiger partial charge in [0, 0.05) is 11.6 Å². The molecular weight excluding hydrogens is 297 g/mol. The summed E-state index contributed by atoms with van der Waals surface area (Å²) in [7, 11) is 0. The number of carbonyl (C=O) groups excluding carboxylic acids is 1. The monoisotopic (exact) mass is 313 g/mol. The molecule has 0 fully saturated rings. The average molecular weight is 313 g/mol. The molecule has 1 atom stereocenters. The first-order valence-corrected chi connectivity index (χ1v) is 7.22. The predicted octanol–water partition coefficient (Wildman–Crippen LogP) is 2.00. The van der Waals surface area contributed by atoms with Crippen LogP contribution in [0.4, 0.5) is 10.1 Å². The first-order chi connectivity index (χ1) is 11.1. The number of nitrogens with one attached hydrogen (secondary N) is 2. The minimum absolute atomic E-state index is 0.273. The highest BCUT2D eigenvalue weighted by molar-refractivity contribution is 5.96. The number of rotatable bonds is 5. The van der Waals surface area contributed by atoms with Crippen molar-refractivity contribution in [3.05, 3.63) is 54.2 Å². The van der Waals surface area contributed by atoms with Crippen molar-refractivity contribution in [1.82, 2.24) is 15.2 Å². The summed E-state index contributed by atoms with van der Waals surface area (Å²) in [5.41, 5.74) is 7.66. The number of benzene rings is 1. The van der Waals surface area contributed by atoms with Gasteiger partial charge in [0.1, 0.15) is 11.3 Å². The number of halogens is 1. The fourth-order valence-corrected chi connectivity index (χ4v) is 2.29. The van der Waals surface area contributed by atoms with E-state index < -0.39 is 11.9 Å². The Kier molecular flexibility index (Phi) is 4.29. The summed E-state index contributed by atoms with van der Waals surface area (Å²) < 4.78 is 13.6. The molecule has 6 nitrogen and oxygen atoms in total. The van der Waals surface area contributed by atoms with Gasteiger partial charge in [-0.25, -0.2) is 4.39 Å². The van der Waals surface area contributed by atoms with Gasteiger partial charge in [-0.3, -0.25) is 14.9 Å². The number of fused-ring (bicyclic) bond motifs is 1. The second-order valence-electron chi connectivity index (χ2n) is 5.28. The van der Waals surface area contributed by atoms with Gasteiger partial charge >= 0.3 is 0 Å². The van der Waals surface area contributed by atoms with Crippen LogP contribution in [0.3, 0.4) is 0 Å². The smallest absolute Gasteiger partial charge is 0.241 e. The molecule has 23 heavy (non-hydrogen) atoms. The molecule has 0 spiro atoms. The van der Waals surface area contributed by atoms with Crippen molar-refractivity contribution in [1.29, 1.82) is 0 Å². The molecule has 7 heteroatoms. The average Bonchev–Trinajstić information content (AvgIpc) is 3.06. The van der Waals surface area contributed by atoms with Gasteiger partial charge in [0.2, 0.25) is 5.91 Å². The van der Waals surface area contributed by atoms with Crippen molar-refractivity contribution in [2.75, 3.05) is 5.32 Å². The number of nitrogens with two attached hydrogens (primary N) is 1. The summed E-state index contributed by atoms with van der Waals surface area (Å²) in [6.45, 7) is 0. The molecule has 4 N–H and O–H groups in total. The van der Waals surface area contributed by atoms with Gasteiger partial charge in [0.05, 0.1) is 24.1 Å². The van der Waals surface area contributed by atoms with Crippen LogP contribution in [-0.2, 0) is 11.2 Å². The molecule has 118 valence electrons. The Labute approximate surface area is 131 Å². The van der Waals surface area contributed by atoms with Crippen molar-refractivity contribution >= 4 is 22.5 Å². The second-order valence-corrected chi connectivity index (χ2v) is 5.28. The number of carbonyl (C=O) groups is 1. The van der Waals surface area contributed by atoms with Crippen molar-refractivity contribution in [2.45, 2.75) is 18.9 Å². The van der Waals surface area contributed by atoms with E-state index >= 15 is 0 Å². The minimum atomic E-state index is -0.645. The molecule has 1 amide bonds. The van der Waals surface area contributed by atoms with Gasteiger partial charge in [0.15, 0.2) is 0 Å². The highest BCUT2D eigenvalue weighted by Gasteiger charge is 2.14. The van der Waals surface area contributed by atoms with Crippen molar-refractivity contribution in [3.8, 4) is 0 Å². The lowest BCUT2D eigenvalue weighted by molar-refractivity contribution is -0.117. The Morgan fingerprint density at radius 2 is 2.26 bits per heavy atom. The van der Waals surface area contributed by atoms with E-state index in [0.29, 0.717) is 23.9 Å². The van der Waals surface area contributed by atoms with E-state index in [1.165, 1.54) is 12.3 Å². The molecule has 3 aromatic rings. The first-order valence-electron chi connectivity index (χ1n) is 7.22. The van der Waals surface area contributed by atoms with E-state index in [-0.39, 0.29) is 11.4 Å². The maximum Gasteiger partial charge on any atom is 0.241 e. The Morgan fingerprint density at radius 3 is 3.04 bits per heavy atom. The molecule has 0 aliphatic carbocycles. The molecule has 1 unspecified atom stereocenters. The van der Waals surface area contributed by atoms with E-state index in [1.54, 1.807) is 30.6 Å². The van der Waals surface area contributed by atoms with Crippen LogP contribution in [0, 0.1) is 5.82 Å². The largest absolute Gasteiger partial charge is 0.323 e. The number of aryl methyl sites for hydroxylation is 1. The number of para-hydroxylation sites is 1. The molecule has 1 aromatic carbocycles. The van der Waals surface area contributed by atoms with Crippen molar-refractivity contribution < 1.29 is 9.18 Å². The van der Waals surface area contributed by atoms with Gasteiger partial charge in [-0.2, -0.15) is 5.10 Å². The number of nitrogens with zero attached hydrogens (tertiary/aromatic N) is 2. The SMILES string of the molecule is NC(CCc1cn[nH]c1)C(=O)Nc1cnc2c(F)cccc2c1. The zero-order valence-corrected chi connectivity index (χ0v) is 12.3. The zero-order chi connectivity index (χ0) is 16.2. The molecule has 0 bridgehead atoms. The van der Waals surface area contributed by atoms with Gasteiger partial charge in [0.25, 0.3) is 0 Å². The fourth-order valence-electron chi connectivity index (χ4n) is 2.29. The summed E-state index contributed by atoms with van der Waals surface area (Å²) in [6.07, 6.45) is 6.05. The number of hydrogen-bond donors (Lipinski definition) is 3. The first kappa shape index (κ1) is 15.1. The standard InChI is InChI=1S/C16H16FN5O/c17-13-3-1-2-11-6-12(9-19-15(11)13)22-16(23)14(18)5-4-10-7-20-21-8-10/h1-3,6-9,14H,4-5,18H2,(H,20,21)(H,22,23). The van der Waals surface area contributed by atoms with Crippen LogP contribution in [0.15, 0.2) is 42.9 Å². The minimum Gasteiger partial charge on any atom is -0.323 e. The lowest BCUT2D eigenvalue weighted by atomic mass is 10.1. The van der Waals surface area contributed by atoms with Crippen molar-refractivity contribution in [2.24, 2.45) is 5.73 Å². The van der Waals surface area contributed by atoms with Gasteiger partial charge < -0.3 is 11.1 Å². The zero-order valence-electron chi connectivity index (χ0n) is 12.3. The van der Waals surface area contributed by atoms with Gasteiger partial charge in [-0.05, 0) is 30.5 Å². The molecule has 2 heterocycles. The van der Waals surface area contributed by atoms with Crippen molar-refractivity contribution in [3.63, 3.8) is 0 Å². The molecule has 0 saturated heterocycles. The lowest BCUT2D eigenvalue weighted by Crippen LogP contribution is -2.36. The number of aromatic amines is 1. The Balaban J connectivity index is 1.65. The van der Waals surface area contributed by atoms with Crippen LogP contribution in [0.2, 0.25) is 0 Å². The number of H-pyrrole nitrogens is 1. The number of pyridine rings is 1. The van der Waals surface area contributed by atoms with Crippen LogP contribution in [0.5, 0.6) is 0 Å². The molecule has 0 radical (unpaired) electrons. The quantitative estimate of drug-likeness (QED) is 0.671. The highest BCUT2D eigenvalue weighted by atomic mass is 19.1. The van der Waals surface area contributed by atoms with E-state index in [2.05, 4.69) is 20.5 Å². The van der Waals surface area contributed by atoms with E-state index in [0.717, 1.165) is 5.56 Å².